The van der Waals surface area contributed by atoms with Crippen LogP contribution in [0, 0.1) is 0 Å². The van der Waals surface area contributed by atoms with Crippen molar-refractivity contribution in [2.24, 2.45) is 0 Å². The fourth-order valence-electron chi connectivity index (χ4n) is 1.15. The minimum atomic E-state index is -3.06. The van der Waals surface area contributed by atoms with Crippen LogP contribution in [0.3, 0.4) is 0 Å². The average molecular weight is 171 g/mol. The van der Waals surface area contributed by atoms with Crippen LogP contribution in [0.25, 0.3) is 0 Å². The number of sulfonamides is 1. The number of anilines is 1. The van der Waals surface area contributed by atoms with Gasteiger partial charge in [-0.05, 0) is 11.6 Å². The van der Waals surface area contributed by atoms with Crippen molar-refractivity contribution in [2.45, 2.75) is 5.75 Å². The number of hydrogen-bond acceptors (Lipinski definition) is 2. The van der Waals surface area contributed by atoms with E-state index in [9.17, 15) is 8.42 Å². The van der Waals surface area contributed by atoms with Gasteiger partial charge in [-0.15, -0.1) is 0 Å². The van der Waals surface area contributed by atoms with Gasteiger partial charge in [-0.2, -0.15) is 0 Å². The topological polar surface area (TPSA) is 46.2 Å². The van der Waals surface area contributed by atoms with Crippen molar-refractivity contribution >= 4 is 15.7 Å². The second-order valence-corrected chi connectivity index (χ2v) is 4.24. The largest absolute Gasteiger partial charge is 0.283 e. The molecule has 0 spiro atoms. The normalized spacial score (nSPS) is 18.9. The van der Waals surface area contributed by atoms with E-state index in [0.29, 0.717) is 5.69 Å². The summed E-state index contributed by atoms with van der Waals surface area (Å²) in [4.78, 5) is 0. The van der Waals surface area contributed by atoms with E-state index in [-0.39, 0.29) is 7.18 Å². The molecule has 0 atom stereocenters. The van der Waals surface area contributed by atoms with Crippen LogP contribution in [0.1, 0.15) is 6.99 Å². The molecule has 11 heavy (non-hydrogen) atoms. The van der Waals surface area contributed by atoms with Crippen LogP contribution >= 0.6 is 0 Å². The second kappa shape index (κ2) is 1.98. The first-order valence-electron chi connectivity index (χ1n) is 3.26. The molecule has 3 nitrogen and oxygen atoms in total. The third kappa shape index (κ3) is 1.09. The number of benzene rings is 1. The minimum absolute atomic E-state index is 0. The summed E-state index contributed by atoms with van der Waals surface area (Å²) in [5.74, 6) is 0.114. The third-order valence-electron chi connectivity index (χ3n) is 1.63. The number of fused-ring (bicyclic) bond motifs is 1. The van der Waals surface area contributed by atoms with Crippen molar-refractivity contribution in [3.05, 3.63) is 29.8 Å². The maximum Gasteiger partial charge on any atom is 0.237 e. The fraction of sp³-hybridized carbons (Fsp3) is 0.143. The van der Waals surface area contributed by atoms with Gasteiger partial charge in [0.2, 0.25) is 10.0 Å². The summed E-state index contributed by atoms with van der Waals surface area (Å²) < 4.78 is 24.4. The summed E-state index contributed by atoms with van der Waals surface area (Å²) in [5.41, 5.74) is 1.57. The lowest BCUT2D eigenvalue weighted by atomic mass is 10.2. The zero-order valence-electron chi connectivity index (χ0n) is 5.74. The molecule has 1 N–H and O–H groups in total. The van der Waals surface area contributed by atoms with Gasteiger partial charge in [0.05, 0.1) is 11.4 Å². The molecule has 4 heteroatoms. The van der Waals surface area contributed by atoms with E-state index < -0.39 is 10.0 Å². The Morgan fingerprint density at radius 3 is 2.82 bits per heavy atom. The van der Waals surface area contributed by atoms with Gasteiger partial charge in [0.25, 0.3) is 0 Å². The van der Waals surface area contributed by atoms with Crippen molar-refractivity contribution in [3.63, 3.8) is 0 Å². The predicted molar refractivity (Wildman–Crippen MR) is 44.8 cm³/mol. The fourth-order valence-corrected chi connectivity index (χ4v) is 2.42. The predicted octanol–water partition coefficient (Wildman–Crippen LogP) is 1.19. The Morgan fingerprint density at radius 2 is 2.09 bits per heavy atom. The van der Waals surface area contributed by atoms with Gasteiger partial charge in [-0.25, -0.2) is 8.42 Å². The first-order chi connectivity index (χ1) is 5.17. The van der Waals surface area contributed by atoms with E-state index >= 15 is 0 Å². The highest BCUT2D eigenvalue weighted by Gasteiger charge is 2.21. The van der Waals surface area contributed by atoms with E-state index in [2.05, 4.69) is 4.72 Å². The molecule has 0 fully saturated rings. The molecule has 1 aromatic carbocycles. The van der Waals surface area contributed by atoms with Crippen LogP contribution in [0.15, 0.2) is 24.3 Å². The number of para-hydroxylation sites is 1. The van der Waals surface area contributed by atoms with Crippen LogP contribution < -0.4 is 4.72 Å². The lowest BCUT2D eigenvalue weighted by Gasteiger charge is -1.93. The summed E-state index contributed by atoms with van der Waals surface area (Å²) in [6.07, 6.45) is 0. The van der Waals surface area contributed by atoms with E-state index in [1.807, 2.05) is 18.2 Å². The molecule has 0 saturated heterocycles. The zero-order valence-corrected chi connectivity index (χ0v) is 6.56. The Labute approximate surface area is 66.6 Å². The van der Waals surface area contributed by atoms with Crippen LogP contribution in [0.5, 0.6) is 0 Å². The Kier molecular flexibility index (Phi) is 1.20. The molecule has 1 heterocycles. The lowest BCUT2D eigenvalue weighted by molar-refractivity contribution is 0.602. The molecule has 0 aliphatic carbocycles. The quantitative estimate of drug-likeness (QED) is 0.637. The van der Waals surface area contributed by atoms with Crippen molar-refractivity contribution < 1.29 is 9.84 Å². The Hall–Kier alpha value is -1.03. The minimum Gasteiger partial charge on any atom is -0.283 e. The summed E-state index contributed by atoms with van der Waals surface area (Å²) in [5, 5.41) is 0. The maximum absolute atomic E-state index is 11.0. The monoisotopic (exact) mass is 171 g/mol. The van der Waals surface area contributed by atoms with Gasteiger partial charge >= 0.3 is 0 Å². The van der Waals surface area contributed by atoms with Gasteiger partial charge in [0, 0.05) is 1.43 Å². The Morgan fingerprint density at radius 1 is 1.36 bits per heavy atom. The highest BCUT2D eigenvalue weighted by Crippen LogP contribution is 2.25. The summed E-state index contributed by atoms with van der Waals surface area (Å²) in [7, 11) is -3.06. The van der Waals surface area contributed by atoms with Crippen molar-refractivity contribution in [2.75, 3.05) is 4.72 Å². The average Bonchev–Trinajstić information content (AvgIpc) is 2.21. The maximum atomic E-state index is 11.0. The van der Waals surface area contributed by atoms with Gasteiger partial charge in [-0.3, -0.25) is 4.72 Å². The van der Waals surface area contributed by atoms with E-state index in [0.717, 1.165) is 5.56 Å². The third-order valence-corrected chi connectivity index (χ3v) is 2.85. The SMILES string of the molecule is O=S1(=O)Cc2ccccc2N1.[HH]. The first kappa shape index (κ1) is 6.67. The van der Waals surface area contributed by atoms with E-state index in [1.165, 1.54) is 0 Å². The van der Waals surface area contributed by atoms with Crippen LogP contribution in [0.2, 0.25) is 0 Å². The number of hydrogen-bond donors (Lipinski definition) is 1. The van der Waals surface area contributed by atoms with Gasteiger partial charge in [0.15, 0.2) is 0 Å². The summed E-state index contributed by atoms with van der Waals surface area (Å²) in [6.45, 7) is 0. The van der Waals surface area contributed by atoms with Crippen molar-refractivity contribution in [1.82, 2.24) is 0 Å². The molecular weight excluding hydrogens is 162 g/mol. The molecule has 0 unspecified atom stereocenters. The molecule has 2 rings (SSSR count). The molecular formula is C7H9NO2S. The van der Waals surface area contributed by atoms with Crippen molar-refractivity contribution in [3.8, 4) is 0 Å². The second-order valence-electron chi connectivity index (χ2n) is 2.52. The van der Waals surface area contributed by atoms with Crippen LogP contribution in [-0.2, 0) is 15.8 Å². The van der Waals surface area contributed by atoms with E-state index in [1.54, 1.807) is 6.07 Å². The van der Waals surface area contributed by atoms with Crippen molar-refractivity contribution in [1.29, 1.82) is 0 Å². The number of rotatable bonds is 0. The molecule has 0 aromatic heterocycles. The molecule has 1 aromatic rings. The first-order valence-corrected chi connectivity index (χ1v) is 4.91. The summed E-state index contributed by atoms with van der Waals surface area (Å²) in [6, 6.07) is 7.22. The smallest absolute Gasteiger partial charge is 0.237 e. The lowest BCUT2D eigenvalue weighted by Crippen LogP contribution is -2.05. The Balaban J connectivity index is 0.000000720. The molecule has 0 saturated carbocycles. The van der Waals surface area contributed by atoms with E-state index in [4.69, 9.17) is 0 Å². The van der Waals surface area contributed by atoms with Gasteiger partial charge < -0.3 is 0 Å². The molecule has 60 valence electrons. The number of nitrogens with one attached hydrogen (secondary N) is 1. The molecule has 0 bridgehead atoms. The molecule has 1 aliphatic rings. The van der Waals surface area contributed by atoms with Crippen LogP contribution in [0.4, 0.5) is 5.69 Å². The zero-order chi connectivity index (χ0) is 7.90. The highest BCUT2D eigenvalue weighted by molar-refractivity contribution is 7.92. The molecule has 0 radical (unpaired) electrons. The molecule has 1 aliphatic heterocycles. The standard InChI is InChI=1S/C7H7NO2S.H2/c9-11(10)5-6-3-1-2-4-7(6)8-11;/h1-4,8H,5H2;1H. The molecule has 0 amide bonds. The van der Waals surface area contributed by atoms with Crippen LogP contribution in [-0.4, -0.2) is 8.42 Å². The van der Waals surface area contributed by atoms with Gasteiger partial charge in [0.1, 0.15) is 0 Å². The highest BCUT2D eigenvalue weighted by atomic mass is 32.2. The Bertz CT molecular complexity index is 357. The summed E-state index contributed by atoms with van der Waals surface area (Å²) >= 11 is 0. The van der Waals surface area contributed by atoms with Gasteiger partial charge in [-0.1, -0.05) is 18.2 Å².